The van der Waals surface area contributed by atoms with E-state index in [0.29, 0.717) is 57.0 Å². The molecule has 3 fully saturated rings. The third-order valence-corrected chi connectivity index (χ3v) is 7.70. The fourth-order valence-electron chi connectivity index (χ4n) is 5.38. The summed E-state index contributed by atoms with van der Waals surface area (Å²) in [6.45, 7) is 6.12. The highest BCUT2D eigenvalue weighted by molar-refractivity contribution is 5.82. The summed E-state index contributed by atoms with van der Waals surface area (Å²) in [6, 6.07) is -0.323. The van der Waals surface area contributed by atoms with Crippen LogP contribution < -0.4 is 5.32 Å². The van der Waals surface area contributed by atoms with Gasteiger partial charge in [-0.15, -0.1) is 0 Å². The summed E-state index contributed by atoms with van der Waals surface area (Å²) in [7, 11) is 0. The van der Waals surface area contributed by atoms with Gasteiger partial charge < -0.3 is 19.8 Å². The van der Waals surface area contributed by atoms with Crippen molar-refractivity contribution in [2.24, 2.45) is 5.92 Å². The lowest BCUT2D eigenvalue weighted by atomic mass is 9.69. The molecule has 0 spiro atoms. The van der Waals surface area contributed by atoms with Crippen molar-refractivity contribution >= 4 is 5.91 Å². The topological polar surface area (TPSA) is 91.5 Å². The number of halogens is 2. The molecule has 2 N–H and O–H groups in total. The summed E-state index contributed by atoms with van der Waals surface area (Å²) in [4.78, 5) is 19.5. The van der Waals surface area contributed by atoms with Crippen LogP contribution in [0.15, 0.2) is 4.52 Å². The van der Waals surface area contributed by atoms with E-state index < -0.39 is 12.0 Å². The van der Waals surface area contributed by atoms with Gasteiger partial charge in [-0.3, -0.25) is 4.79 Å². The molecule has 3 heterocycles. The molecule has 7 nitrogen and oxygen atoms in total. The van der Waals surface area contributed by atoms with Crippen molar-refractivity contribution in [3.8, 4) is 0 Å². The molecule has 0 unspecified atom stereocenters. The Morgan fingerprint density at radius 3 is 2.48 bits per heavy atom. The Bertz CT molecular complexity index is 767. The van der Waals surface area contributed by atoms with Crippen LogP contribution in [0.2, 0.25) is 0 Å². The first-order chi connectivity index (χ1) is 14.7. The molecule has 1 aromatic rings. The van der Waals surface area contributed by atoms with E-state index in [2.05, 4.69) is 24.3 Å². The van der Waals surface area contributed by atoms with Crippen molar-refractivity contribution in [2.45, 2.75) is 94.6 Å². The Kier molecular flexibility index (Phi) is 6.36. The highest BCUT2D eigenvalue weighted by Gasteiger charge is 2.45. The maximum Gasteiger partial charge on any atom is 0.248 e. The lowest BCUT2D eigenvalue weighted by Crippen LogP contribution is -2.55. The minimum atomic E-state index is -2.58. The number of hydrogen-bond donors (Lipinski definition) is 2. The van der Waals surface area contributed by atoms with Gasteiger partial charge in [-0.2, -0.15) is 4.98 Å². The van der Waals surface area contributed by atoms with Crippen molar-refractivity contribution < 1.29 is 23.2 Å². The van der Waals surface area contributed by atoms with Gasteiger partial charge in [-0.1, -0.05) is 19.0 Å². The molecule has 1 amide bonds. The quantitative estimate of drug-likeness (QED) is 0.748. The van der Waals surface area contributed by atoms with Crippen molar-refractivity contribution in [3.63, 3.8) is 0 Å². The first kappa shape index (κ1) is 22.6. The molecule has 31 heavy (non-hydrogen) atoms. The van der Waals surface area contributed by atoms with Crippen molar-refractivity contribution in [2.75, 3.05) is 19.6 Å². The molecule has 174 valence electrons. The summed E-state index contributed by atoms with van der Waals surface area (Å²) >= 11 is 0. The Morgan fingerprint density at radius 1 is 1.19 bits per heavy atom. The largest absolute Gasteiger partial charge is 0.393 e. The second-order valence-electron chi connectivity index (χ2n) is 9.91. The summed E-state index contributed by atoms with van der Waals surface area (Å²) in [5, 5.41) is 17.4. The van der Waals surface area contributed by atoms with E-state index in [1.807, 2.05) is 4.90 Å². The number of rotatable bonds is 4. The molecular weight excluding hydrogens is 406 g/mol. The predicted octanol–water partition coefficient (Wildman–Crippen LogP) is 2.99. The molecule has 0 aromatic carbocycles. The van der Waals surface area contributed by atoms with Crippen LogP contribution in [-0.4, -0.2) is 63.8 Å². The van der Waals surface area contributed by atoms with Gasteiger partial charge in [0.2, 0.25) is 17.7 Å². The van der Waals surface area contributed by atoms with E-state index in [-0.39, 0.29) is 42.0 Å². The number of piperidine rings is 2. The molecule has 2 aliphatic heterocycles. The van der Waals surface area contributed by atoms with Crippen molar-refractivity contribution in [1.29, 1.82) is 0 Å². The number of aliphatic hydroxyl groups excluding tert-OH is 1. The highest BCUT2D eigenvalue weighted by Crippen LogP contribution is 2.43. The van der Waals surface area contributed by atoms with Gasteiger partial charge in [0.25, 0.3) is 0 Å². The van der Waals surface area contributed by atoms with Crippen molar-refractivity contribution in [1.82, 2.24) is 20.4 Å². The molecule has 1 aliphatic carbocycles. The fourth-order valence-corrected chi connectivity index (χ4v) is 5.38. The number of nitrogens with zero attached hydrogens (tertiary/aromatic N) is 3. The Labute approximate surface area is 181 Å². The van der Waals surface area contributed by atoms with E-state index in [9.17, 15) is 18.7 Å². The fraction of sp³-hybridized carbons (Fsp3) is 0.864. The first-order valence-electron chi connectivity index (χ1n) is 11.6. The second kappa shape index (κ2) is 8.73. The summed E-state index contributed by atoms with van der Waals surface area (Å²) in [5.41, 5.74) is -0.295. The van der Waals surface area contributed by atoms with Crippen LogP contribution in [0.4, 0.5) is 8.78 Å². The standard InChI is InChI=1S/C22H34F2N4O3/c1-14(2)21(20-26-18(31-27-20)15-3-6-22(23,24)7-4-15)8-11-28(12-9-21)19(30)17-13-16(29)5-10-25-17/h14-17,25,29H,3-13H2,1-2H3/t16-,17-/m0/s1. The van der Waals surface area contributed by atoms with Gasteiger partial charge in [-0.05, 0) is 51.0 Å². The summed E-state index contributed by atoms with van der Waals surface area (Å²) < 4.78 is 32.6. The monoisotopic (exact) mass is 440 g/mol. The zero-order chi connectivity index (χ0) is 22.2. The van der Waals surface area contributed by atoms with Crippen molar-refractivity contribution in [3.05, 3.63) is 11.7 Å². The van der Waals surface area contributed by atoms with Gasteiger partial charge in [0.05, 0.1) is 12.1 Å². The minimum absolute atomic E-state index is 0.0491. The van der Waals surface area contributed by atoms with Gasteiger partial charge in [-0.25, -0.2) is 8.78 Å². The number of aliphatic hydroxyl groups is 1. The molecular formula is C22H34F2N4O3. The maximum atomic E-state index is 13.5. The van der Waals surface area contributed by atoms with Crippen LogP contribution >= 0.6 is 0 Å². The lowest BCUT2D eigenvalue weighted by molar-refractivity contribution is -0.137. The lowest BCUT2D eigenvalue weighted by Gasteiger charge is -2.43. The van der Waals surface area contributed by atoms with Crippen LogP contribution in [0.5, 0.6) is 0 Å². The van der Waals surface area contributed by atoms with Gasteiger partial charge in [0, 0.05) is 37.3 Å². The Hall–Kier alpha value is -1.61. The molecule has 2 saturated heterocycles. The summed E-state index contributed by atoms with van der Waals surface area (Å²) in [5.74, 6) is -1.26. The normalized spacial score (nSPS) is 29.3. The molecule has 3 aliphatic rings. The van der Waals surface area contributed by atoms with Crippen LogP contribution in [0, 0.1) is 5.92 Å². The zero-order valence-corrected chi connectivity index (χ0v) is 18.4. The zero-order valence-electron chi connectivity index (χ0n) is 18.4. The average molecular weight is 441 g/mol. The molecule has 9 heteroatoms. The molecule has 0 radical (unpaired) electrons. The SMILES string of the molecule is CC(C)C1(c2noc(C3CCC(F)(F)CC3)n2)CCN(C(=O)[C@@H]2C[C@@H](O)CCN2)CC1. The van der Waals surface area contributed by atoms with E-state index in [1.54, 1.807) is 0 Å². The number of hydrogen-bond acceptors (Lipinski definition) is 6. The van der Waals surface area contributed by atoms with Crippen LogP contribution in [0.1, 0.15) is 82.8 Å². The van der Waals surface area contributed by atoms with E-state index in [0.717, 1.165) is 12.8 Å². The molecule has 1 aromatic heterocycles. The molecule has 2 atom stereocenters. The maximum absolute atomic E-state index is 13.5. The number of alkyl halides is 2. The smallest absolute Gasteiger partial charge is 0.248 e. The Morgan fingerprint density at radius 2 is 1.87 bits per heavy atom. The van der Waals surface area contributed by atoms with Gasteiger partial charge >= 0.3 is 0 Å². The number of likely N-dealkylation sites (tertiary alicyclic amines) is 1. The van der Waals surface area contributed by atoms with E-state index >= 15 is 0 Å². The van der Waals surface area contributed by atoms with E-state index in [4.69, 9.17) is 9.51 Å². The van der Waals surface area contributed by atoms with Crippen LogP contribution in [0.25, 0.3) is 0 Å². The number of carbonyl (C=O) groups excluding carboxylic acids is 1. The third-order valence-electron chi connectivity index (χ3n) is 7.70. The Balaban J connectivity index is 1.43. The van der Waals surface area contributed by atoms with Crippen LogP contribution in [0.3, 0.4) is 0 Å². The molecule has 1 saturated carbocycles. The molecule has 0 bridgehead atoms. The van der Waals surface area contributed by atoms with E-state index in [1.165, 1.54) is 0 Å². The number of amides is 1. The third kappa shape index (κ3) is 4.62. The average Bonchev–Trinajstić information content (AvgIpc) is 3.24. The van der Waals surface area contributed by atoms with Crippen LogP contribution in [-0.2, 0) is 10.2 Å². The second-order valence-corrected chi connectivity index (χ2v) is 9.91. The highest BCUT2D eigenvalue weighted by atomic mass is 19.3. The minimum Gasteiger partial charge on any atom is -0.393 e. The first-order valence-corrected chi connectivity index (χ1v) is 11.6. The number of aromatic nitrogens is 2. The van der Waals surface area contributed by atoms with Gasteiger partial charge in [0.1, 0.15) is 0 Å². The van der Waals surface area contributed by atoms with Gasteiger partial charge in [0.15, 0.2) is 5.82 Å². The number of carbonyl (C=O) groups is 1. The predicted molar refractivity (Wildman–Crippen MR) is 110 cm³/mol. The summed E-state index contributed by atoms with van der Waals surface area (Å²) in [6.07, 6.45) is 2.64. The molecule has 4 rings (SSSR count). The number of nitrogens with one attached hydrogen (secondary N) is 1.